The Hall–Kier alpha value is -8.02. The Balaban J connectivity index is 0.000000170. The lowest BCUT2D eigenvalue weighted by Gasteiger charge is -2.25. The van der Waals surface area contributed by atoms with Gasteiger partial charge in [-0.1, -0.05) is 24.3 Å². The summed E-state index contributed by atoms with van der Waals surface area (Å²) in [5, 5.41) is 21.8. The number of methoxy groups -OCH3 is 2. The third-order valence-electron chi connectivity index (χ3n) is 12.8. The molecule has 8 aromatic rings. The number of ether oxygens (including phenoxy) is 2. The van der Waals surface area contributed by atoms with Gasteiger partial charge in [0.05, 0.1) is 25.6 Å². The monoisotopic (exact) mass is 918 g/mol. The highest BCUT2D eigenvalue weighted by molar-refractivity contribution is 5.66. The van der Waals surface area contributed by atoms with E-state index in [0.29, 0.717) is 35.0 Å². The fourth-order valence-corrected chi connectivity index (χ4v) is 9.14. The number of aryl methyl sites for hydroxylation is 2. The van der Waals surface area contributed by atoms with Gasteiger partial charge in [-0.05, 0) is 113 Å². The molecule has 0 amide bonds. The summed E-state index contributed by atoms with van der Waals surface area (Å²) in [5.74, 6) is 4.69. The summed E-state index contributed by atoms with van der Waals surface area (Å²) in [6.07, 6.45) is 6.75. The molecule has 10 rings (SSSR count). The Morgan fingerprint density at radius 3 is 1.29 bits per heavy atom. The van der Waals surface area contributed by atoms with Crippen molar-refractivity contribution in [1.29, 1.82) is 0 Å². The minimum absolute atomic E-state index is 0.245. The van der Waals surface area contributed by atoms with Gasteiger partial charge in [0.1, 0.15) is 70.4 Å². The highest BCUT2D eigenvalue weighted by Gasteiger charge is 2.41. The summed E-state index contributed by atoms with van der Waals surface area (Å²) < 4.78 is 41.7. The van der Waals surface area contributed by atoms with Crippen LogP contribution in [0.5, 0.6) is 11.5 Å². The Morgan fingerprint density at radius 1 is 0.559 bits per heavy atom. The molecule has 4 heterocycles. The van der Waals surface area contributed by atoms with Crippen LogP contribution >= 0.6 is 0 Å². The molecule has 4 aromatic heterocycles. The number of nitrogens with one attached hydrogen (secondary N) is 4. The first-order valence-corrected chi connectivity index (χ1v) is 22.2. The molecule has 16 nitrogen and oxygen atoms in total. The fraction of sp³-hybridized carbons (Fsp3) is 0.280. The third kappa shape index (κ3) is 8.60. The van der Waals surface area contributed by atoms with Crippen LogP contribution in [0.4, 0.5) is 43.7 Å². The Labute approximate surface area is 392 Å². The predicted octanol–water partition coefficient (Wildman–Crippen LogP) is 9.10. The van der Waals surface area contributed by atoms with Crippen molar-refractivity contribution in [3.8, 4) is 22.9 Å². The quantitative estimate of drug-likeness (QED) is 0.0912. The number of rotatable bonds is 12. The smallest absolute Gasteiger partial charge is 0.229 e. The van der Waals surface area contributed by atoms with Crippen LogP contribution in [0.15, 0.2) is 97.6 Å². The topological polar surface area (TPSA) is 180 Å². The van der Waals surface area contributed by atoms with Crippen LogP contribution in [0.25, 0.3) is 11.4 Å². The second-order valence-corrected chi connectivity index (χ2v) is 17.1. The first-order valence-electron chi connectivity index (χ1n) is 22.2. The number of halogens is 2. The third-order valence-corrected chi connectivity index (χ3v) is 12.8. The van der Waals surface area contributed by atoms with E-state index in [0.717, 1.165) is 93.7 Å². The maximum absolute atomic E-state index is 13.6. The molecular formula is C50H52F2N14O2. The molecule has 0 spiro atoms. The first kappa shape index (κ1) is 45.1. The van der Waals surface area contributed by atoms with Crippen molar-refractivity contribution in [1.82, 2.24) is 49.5 Å². The van der Waals surface area contributed by atoms with Gasteiger partial charge in [0.15, 0.2) is 0 Å². The molecule has 2 atom stereocenters. The van der Waals surface area contributed by atoms with Crippen molar-refractivity contribution in [2.24, 2.45) is 0 Å². The molecule has 2 aliphatic rings. The summed E-state index contributed by atoms with van der Waals surface area (Å²) in [6.45, 7) is 7.98. The summed E-state index contributed by atoms with van der Waals surface area (Å²) in [5.41, 5.74) is 8.60. The molecule has 0 fully saturated rings. The highest BCUT2D eigenvalue weighted by Crippen LogP contribution is 2.47. The van der Waals surface area contributed by atoms with Crippen molar-refractivity contribution in [3.63, 3.8) is 0 Å². The van der Waals surface area contributed by atoms with Gasteiger partial charge in [0.25, 0.3) is 0 Å². The van der Waals surface area contributed by atoms with E-state index in [9.17, 15) is 8.78 Å². The van der Waals surface area contributed by atoms with Crippen LogP contribution in [0.1, 0.15) is 72.0 Å². The predicted molar refractivity (Wildman–Crippen MR) is 257 cm³/mol. The van der Waals surface area contributed by atoms with Gasteiger partial charge in [-0.3, -0.25) is 0 Å². The largest absolute Gasteiger partial charge is 0.494 e. The van der Waals surface area contributed by atoms with Crippen LogP contribution in [0.2, 0.25) is 0 Å². The zero-order valence-electron chi connectivity index (χ0n) is 39.1. The zero-order chi connectivity index (χ0) is 47.7. The van der Waals surface area contributed by atoms with Gasteiger partial charge in [-0.25, -0.2) is 38.1 Å². The normalized spacial score (nSPS) is 16.9. The van der Waals surface area contributed by atoms with E-state index < -0.39 is 0 Å². The molecule has 0 saturated carbocycles. The molecule has 348 valence electrons. The molecule has 0 unspecified atom stereocenters. The number of anilines is 6. The fourth-order valence-electron chi connectivity index (χ4n) is 9.14. The van der Waals surface area contributed by atoms with E-state index in [2.05, 4.69) is 55.3 Å². The average Bonchev–Trinajstić information content (AvgIpc) is 4.15. The molecular weight excluding hydrogens is 867 g/mol. The van der Waals surface area contributed by atoms with Crippen molar-refractivity contribution >= 4 is 34.9 Å². The molecule has 18 heteroatoms. The first-order chi connectivity index (χ1) is 32.8. The molecule has 0 bridgehead atoms. The van der Waals surface area contributed by atoms with Crippen LogP contribution in [0, 0.1) is 25.5 Å². The Morgan fingerprint density at radius 2 is 0.956 bits per heavy atom. The minimum atomic E-state index is -0.333. The lowest BCUT2D eigenvalue weighted by Crippen LogP contribution is -2.22. The molecule has 68 heavy (non-hydrogen) atoms. The van der Waals surface area contributed by atoms with E-state index in [4.69, 9.17) is 29.4 Å². The van der Waals surface area contributed by atoms with Gasteiger partial charge in [0.2, 0.25) is 11.9 Å². The van der Waals surface area contributed by atoms with Crippen LogP contribution in [-0.2, 0) is 23.7 Å². The van der Waals surface area contributed by atoms with Gasteiger partial charge in [-0.2, -0.15) is 20.2 Å². The van der Waals surface area contributed by atoms with Gasteiger partial charge >= 0.3 is 0 Å². The Bertz CT molecular complexity index is 2910. The average molecular weight is 919 g/mol. The Kier molecular flexibility index (Phi) is 12.2. The van der Waals surface area contributed by atoms with Crippen molar-refractivity contribution in [2.45, 2.75) is 64.2 Å². The summed E-state index contributed by atoms with van der Waals surface area (Å²) in [4.78, 5) is 27.6. The lowest BCUT2D eigenvalue weighted by atomic mass is 9.80. The summed E-state index contributed by atoms with van der Waals surface area (Å²) in [7, 11) is 6.95. The van der Waals surface area contributed by atoms with Crippen molar-refractivity contribution < 1.29 is 18.3 Å². The van der Waals surface area contributed by atoms with Crippen LogP contribution in [0.3, 0.4) is 0 Å². The maximum atomic E-state index is 13.6. The van der Waals surface area contributed by atoms with E-state index in [1.54, 1.807) is 36.2 Å². The molecule has 0 aliphatic heterocycles. The second kappa shape index (κ2) is 18.3. The number of benzene rings is 4. The van der Waals surface area contributed by atoms with Crippen molar-refractivity contribution in [2.75, 3.05) is 49.6 Å². The van der Waals surface area contributed by atoms with Gasteiger partial charge in [-0.15, -0.1) is 0 Å². The molecule has 0 saturated heterocycles. The molecule has 2 aliphatic carbocycles. The van der Waals surface area contributed by atoms with E-state index in [1.807, 2.05) is 88.6 Å². The lowest BCUT2D eigenvalue weighted by molar-refractivity contribution is 0.412. The molecule has 0 radical (unpaired) electrons. The highest BCUT2D eigenvalue weighted by atomic mass is 19.1. The minimum Gasteiger partial charge on any atom is -0.494 e. The number of hydrogen-bond acceptors (Lipinski definition) is 14. The van der Waals surface area contributed by atoms with Gasteiger partial charge < -0.3 is 30.7 Å². The maximum Gasteiger partial charge on any atom is 0.229 e. The van der Waals surface area contributed by atoms with Crippen LogP contribution in [-0.4, -0.2) is 77.8 Å². The van der Waals surface area contributed by atoms with E-state index in [1.165, 1.54) is 24.3 Å². The van der Waals surface area contributed by atoms with Crippen LogP contribution < -0.4 is 30.7 Å². The molecule has 4 N–H and O–H groups in total. The zero-order valence-corrected chi connectivity index (χ0v) is 39.1. The second-order valence-electron chi connectivity index (χ2n) is 17.1. The SMILES string of the molecule is CNc1nc(Nc2ccc(-n3cnc(C)n3)c(OC)c2)nc2c1CC[C@@]2(C)c1ccc(F)cc1.CNc1nc(Nc2ccc(-n3cnc(C)n3)c(OC)c2)nc2c1CC[C@]2(C)c1ccc(F)cc1. The summed E-state index contributed by atoms with van der Waals surface area (Å²) >= 11 is 0. The standard InChI is InChI=1S/2C25H26FN7O/c2*1-15-28-14-33(32-15)20-10-9-18(13-21(20)34-4)29-24-30-22-19(23(27-3)31-24)11-12-25(22,2)16-5-7-17(26)8-6-16/h2*5-10,13-14H,11-12H2,1-4H3,(H2,27,29,30,31)/t2*25-/m10/s1. The van der Waals surface area contributed by atoms with Gasteiger partial charge in [0, 0.05) is 59.6 Å². The van der Waals surface area contributed by atoms with E-state index in [-0.39, 0.29) is 22.5 Å². The van der Waals surface area contributed by atoms with E-state index >= 15 is 0 Å². The summed E-state index contributed by atoms with van der Waals surface area (Å²) in [6, 6.07) is 24.8. The van der Waals surface area contributed by atoms with Crippen molar-refractivity contribution in [3.05, 3.63) is 155 Å². The number of aromatic nitrogens is 10. The number of nitrogens with zero attached hydrogens (tertiary/aromatic N) is 10. The number of fused-ring (bicyclic) bond motifs is 2. The molecule has 4 aromatic carbocycles. The number of hydrogen-bond donors (Lipinski definition) is 4.